The van der Waals surface area contributed by atoms with Crippen molar-refractivity contribution in [1.29, 1.82) is 0 Å². The van der Waals surface area contributed by atoms with E-state index in [4.69, 9.17) is 0 Å². The molecule has 3 aromatic rings. The monoisotopic (exact) mass is 380 g/mol. The molecular formula is C24H16N2O3. The number of fused-ring (bicyclic) bond motifs is 3. The number of carbonyl (C=O) groups is 3. The molecule has 1 heterocycles. The van der Waals surface area contributed by atoms with Gasteiger partial charge in [0.25, 0.3) is 11.8 Å². The van der Waals surface area contributed by atoms with Crippen molar-refractivity contribution in [2.75, 3.05) is 4.90 Å². The highest BCUT2D eigenvalue weighted by molar-refractivity contribution is 6.39. The van der Waals surface area contributed by atoms with E-state index >= 15 is 0 Å². The summed E-state index contributed by atoms with van der Waals surface area (Å²) in [7, 11) is 0. The minimum Gasteiger partial charge on any atom is -0.273 e. The number of anilines is 1. The van der Waals surface area contributed by atoms with Crippen LogP contribution in [-0.4, -0.2) is 17.8 Å². The van der Waals surface area contributed by atoms with Crippen LogP contribution in [0.15, 0.2) is 78.4 Å². The van der Waals surface area contributed by atoms with E-state index in [9.17, 15) is 14.4 Å². The minimum absolute atomic E-state index is 0.0658. The predicted octanol–water partition coefficient (Wildman–Crippen LogP) is 3.92. The first kappa shape index (κ1) is 17.1. The maximum atomic E-state index is 12.9. The Bertz CT molecular complexity index is 1210. The Labute approximate surface area is 167 Å². The fourth-order valence-electron chi connectivity index (χ4n) is 3.89. The van der Waals surface area contributed by atoms with Crippen LogP contribution in [-0.2, 0) is 16.0 Å². The number of hydrogen-bond acceptors (Lipinski definition) is 3. The Hall–Kier alpha value is -3.99. The molecular weight excluding hydrogens is 364 g/mol. The third kappa shape index (κ3) is 2.84. The Morgan fingerprint density at radius 3 is 2.34 bits per heavy atom. The number of barbiturate groups is 1. The second kappa shape index (κ2) is 6.56. The summed E-state index contributed by atoms with van der Waals surface area (Å²) in [6.45, 7) is 0. The fraction of sp³-hybridized carbons (Fsp3) is 0.0417. The molecule has 0 radical (unpaired) electrons. The van der Waals surface area contributed by atoms with Crippen LogP contribution in [0.25, 0.3) is 17.2 Å². The number of urea groups is 1. The van der Waals surface area contributed by atoms with Gasteiger partial charge in [-0.1, -0.05) is 60.7 Å². The van der Waals surface area contributed by atoms with Gasteiger partial charge in [0, 0.05) is 0 Å². The number of benzene rings is 3. The highest BCUT2D eigenvalue weighted by Crippen LogP contribution is 2.37. The van der Waals surface area contributed by atoms with E-state index in [0.29, 0.717) is 5.69 Å². The Balaban J connectivity index is 1.52. The summed E-state index contributed by atoms with van der Waals surface area (Å²) in [6.07, 6.45) is 2.36. The van der Waals surface area contributed by atoms with Crippen LogP contribution in [0.3, 0.4) is 0 Å². The van der Waals surface area contributed by atoms with Crippen LogP contribution < -0.4 is 10.2 Å². The molecule has 1 N–H and O–H groups in total. The molecule has 0 unspecified atom stereocenters. The Morgan fingerprint density at radius 1 is 0.793 bits per heavy atom. The molecule has 140 valence electrons. The SMILES string of the molecule is O=C1NC(=O)N(c2ccccc2)C(=O)/C1=C/c1ccc2c(c1)Cc1ccccc1-2. The van der Waals surface area contributed by atoms with Gasteiger partial charge < -0.3 is 0 Å². The average molecular weight is 380 g/mol. The van der Waals surface area contributed by atoms with Crippen molar-refractivity contribution < 1.29 is 14.4 Å². The van der Waals surface area contributed by atoms with Crippen LogP contribution in [0.5, 0.6) is 0 Å². The molecule has 0 atom stereocenters. The number of rotatable bonds is 2. The number of nitrogens with zero attached hydrogens (tertiary/aromatic N) is 1. The lowest BCUT2D eigenvalue weighted by molar-refractivity contribution is -0.122. The number of amides is 4. The molecule has 0 spiro atoms. The number of imide groups is 2. The smallest absolute Gasteiger partial charge is 0.273 e. The van der Waals surface area contributed by atoms with Gasteiger partial charge in [0.05, 0.1) is 5.69 Å². The van der Waals surface area contributed by atoms with Gasteiger partial charge in [-0.3, -0.25) is 14.9 Å². The van der Waals surface area contributed by atoms with E-state index in [2.05, 4.69) is 17.4 Å². The van der Waals surface area contributed by atoms with Gasteiger partial charge in [0.1, 0.15) is 5.57 Å². The zero-order valence-electron chi connectivity index (χ0n) is 15.4. The molecule has 0 saturated carbocycles. The van der Waals surface area contributed by atoms with Crippen molar-refractivity contribution in [3.05, 3.63) is 95.1 Å². The number of para-hydroxylation sites is 1. The summed E-state index contributed by atoms with van der Waals surface area (Å²) in [5, 5.41) is 2.25. The third-order valence-electron chi connectivity index (χ3n) is 5.24. The van der Waals surface area contributed by atoms with Crippen LogP contribution in [0.1, 0.15) is 16.7 Å². The van der Waals surface area contributed by atoms with Crippen LogP contribution in [0, 0.1) is 0 Å². The van der Waals surface area contributed by atoms with Gasteiger partial charge >= 0.3 is 6.03 Å². The second-order valence-corrected chi connectivity index (χ2v) is 7.04. The Morgan fingerprint density at radius 2 is 1.52 bits per heavy atom. The number of hydrogen-bond donors (Lipinski definition) is 1. The molecule has 5 rings (SSSR count). The molecule has 5 nitrogen and oxygen atoms in total. The summed E-state index contributed by atoms with van der Waals surface area (Å²) < 4.78 is 0. The summed E-state index contributed by atoms with van der Waals surface area (Å²) in [6, 6.07) is 21.9. The quantitative estimate of drug-likeness (QED) is 0.423. The molecule has 0 bridgehead atoms. The zero-order valence-corrected chi connectivity index (χ0v) is 15.4. The van der Waals surface area contributed by atoms with Crippen LogP contribution >= 0.6 is 0 Å². The normalized spacial score (nSPS) is 16.6. The molecule has 1 aliphatic carbocycles. The van der Waals surface area contributed by atoms with Crippen molar-refractivity contribution in [2.45, 2.75) is 6.42 Å². The lowest BCUT2D eigenvalue weighted by Gasteiger charge is -2.26. The molecule has 0 aromatic heterocycles. The molecule has 5 heteroatoms. The molecule has 3 aromatic carbocycles. The highest BCUT2D eigenvalue weighted by atomic mass is 16.2. The predicted molar refractivity (Wildman–Crippen MR) is 110 cm³/mol. The van der Waals surface area contributed by atoms with Crippen molar-refractivity contribution in [3.8, 4) is 11.1 Å². The first-order valence-electron chi connectivity index (χ1n) is 9.29. The van der Waals surface area contributed by atoms with Crippen molar-refractivity contribution >= 4 is 29.6 Å². The molecule has 1 aliphatic heterocycles. The highest BCUT2D eigenvalue weighted by Gasteiger charge is 2.36. The topological polar surface area (TPSA) is 66.5 Å². The van der Waals surface area contributed by atoms with Gasteiger partial charge in [-0.15, -0.1) is 0 Å². The average Bonchev–Trinajstić information content (AvgIpc) is 3.09. The standard InChI is InChI=1S/C24H16N2O3/c27-22-21(23(28)26(24(29)25-22)18-7-2-1-3-8-18)13-15-10-11-20-17(12-15)14-16-6-4-5-9-19(16)20/h1-13H,14H2,(H,25,27,29)/b21-13+. The van der Waals surface area contributed by atoms with Gasteiger partial charge in [0.2, 0.25) is 0 Å². The third-order valence-corrected chi connectivity index (χ3v) is 5.24. The van der Waals surface area contributed by atoms with Gasteiger partial charge in [-0.25, -0.2) is 9.69 Å². The first-order chi connectivity index (χ1) is 14.1. The van der Waals surface area contributed by atoms with Crippen LogP contribution in [0.2, 0.25) is 0 Å². The first-order valence-corrected chi connectivity index (χ1v) is 9.29. The fourth-order valence-corrected chi connectivity index (χ4v) is 3.89. The zero-order chi connectivity index (χ0) is 20.0. The van der Waals surface area contributed by atoms with Gasteiger partial charge in [-0.2, -0.15) is 0 Å². The lowest BCUT2D eigenvalue weighted by atomic mass is 10.0. The van der Waals surface area contributed by atoms with E-state index in [0.717, 1.165) is 22.4 Å². The van der Waals surface area contributed by atoms with Crippen molar-refractivity contribution in [3.63, 3.8) is 0 Å². The maximum absolute atomic E-state index is 12.9. The molecule has 1 saturated heterocycles. The molecule has 29 heavy (non-hydrogen) atoms. The summed E-state index contributed by atoms with van der Waals surface area (Å²) >= 11 is 0. The van der Waals surface area contributed by atoms with Gasteiger partial charge in [-0.05, 0) is 52.4 Å². The Kier molecular flexibility index (Phi) is 3.88. The van der Waals surface area contributed by atoms with Gasteiger partial charge in [0.15, 0.2) is 0 Å². The lowest BCUT2D eigenvalue weighted by Crippen LogP contribution is -2.54. The molecule has 2 aliphatic rings. The minimum atomic E-state index is -0.743. The maximum Gasteiger partial charge on any atom is 0.335 e. The molecule has 4 amide bonds. The van der Waals surface area contributed by atoms with E-state index in [1.807, 2.05) is 30.3 Å². The second-order valence-electron chi connectivity index (χ2n) is 7.04. The van der Waals surface area contributed by atoms with Crippen molar-refractivity contribution in [2.24, 2.45) is 0 Å². The summed E-state index contributed by atoms with van der Waals surface area (Å²) in [4.78, 5) is 38.5. The van der Waals surface area contributed by atoms with E-state index in [-0.39, 0.29) is 5.57 Å². The number of carbonyl (C=O) groups excluding carboxylic acids is 3. The summed E-state index contributed by atoms with van der Waals surface area (Å²) in [5.74, 6) is -1.32. The summed E-state index contributed by atoms with van der Waals surface area (Å²) in [5.41, 5.74) is 5.90. The van der Waals surface area contributed by atoms with Crippen LogP contribution in [0.4, 0.5) is 10.5 Å². The van der Waals surface area contributed by atoms with E-state index in [1.165, 1.54) is 16.7 Å². The van der Waals surface area contributed by atoms with E-state index in [1.54, 1.807) is 36.4 Å². The van der Waals surface area contributed by atoms with Crippen molar-refractivity contribution in [1.82, 2.24) is 5.32 Å². The largest absolute Gasteiger partial charge is 0.335 e. The number of nitrogens with one attached hydrogen (secondary N) is 1. The molecule has 1 fully saturated rings. The van der Waals surface area contributed by atoms with E-state index < -0.39 is 17.8 Å².